The number of rotatable bonds is 6. The Balaban J connectivity index is 1.52. The van der Waals surface area contributed by atoms with Gasteiger partial charge in [0.05, 0.1) is 16.8 Å². The number of thiophene rings is 1. The number of carbonyl (C=O) groups is 1. The van der Waals surface area contributed by atoms with Gasteiger partial charge in [-0.05, 0) is 63.1 Å². The lowest BCUT2D eigenvalue weighted by atomic mass is 10.0. The highest BCUT2D eigenvalue weighted by atomic mass is 79.9. The zero-order valence-electron chi connectivity index (χ0n) is 20.4. The summed E-state index contributed by atoms with van der Waals surface area (Å²) in [6, 6.07) is 15.8. The van der Waals surface area contributed by atoms with E-state index in [4.69, 9.17) is 4.98 Å². The van der Waals surface area contributed by atoms with E-state index in [1.165, 1.54) is 16.6 Å². The second-order valence-electron chi connectivity index (χ2n) is 9.22. The lowest BCUT2D eigenvalue weighted by Crippen LogP contribution is -2.35. The molecule has 0 bridgehead atoms. The van der Waals surface area contributed by atoms with Crippen molar-refractivity contribution in [1.82, 2.24) is 14.5 Å². The Kier molecular flexibility index (Phi) is 7.35. The molecule has 1 aliphatic rings. The number of nitrogens with one attached hydrogen (secondary N) is 1. The van der Waals surface area contributed by atoms with Crippen LogP contribution in [0.1, 0.15) is 29.9 Å². The van der Waals surface area contributed by atoms with Gasteiger partial charge in [0.2, 0.25) is 5.91 Å². The number of thioether (sulfide) groups is 1. The number of hydrogen-bond donors (Lipinski definition) is 1. The standard InChI is InChI=1S/C27H27BrN4O2S2/c1-16(2)31-12-11-21-22(14-31)36-25-24(21)26(34)32(20-9-7-17(3)8-10-20)27(30-25)35-15-23(33)29-19-6-4-5-18(28)13-19/h4-10,13,16H,11-12,14-15H2,1-3H3,(H,29,33). The van der Waals surface area contributed by atoms with Crippen LogP contribution in [0, 0.1) is 6.92 Å². The number of aryl methyl sites for hydroxylation is 1. The normalized spacial score (nSPS) is 13.8. The highest BCUT2D eigenvalue weighted by Gasteiger charge is 2.26. The Morgan fingerprint density at radius 2 is 2.00 bits per heavy atom. The number of nitrogens with zero attached hydrogens (tertiary/aromatic N) is 3. The van der Waals surface area contributed by atoms with Crippen LogP contribution in [-0.2, 0) is 17.8 Å². The van der Waals surface area contributed by atoms with Crippen molar-refractivity contribution < 1.29 is 4.79 Å². The van der Waals surface area contributed by atoms with E-state index in [9.17, 15) is 9.59 Å². The second kappa shape index (κ2) is 10.5. The van der Waals surface area contributed by atoms with Gasteiger partial charge in [0.1, 0.15) is 4.83 Å². The zero-order valence-corrected chi connectivity index (χ0v) is 23.6. The van der Waals surface area contributed by atoms with Crippen molar-refractivity contribution in [3.05, 3.63) is 79.4 Å². The molecule has 3 heterocycles. The molecule has 0 fully saturated rings. The third-order valence-electron chi connectivity index (χ3n) is 6.34. The average molecular weight is 584 g/mol. The lowest BCUT2D eigenvalue weighted by molar-refractivity contribution is -0.113. The van der Waals surface area contributed by atoms with Crippen LogP contribution in [0.3, 0.4) is 0 Å². The van der Waals surface area contributed by atoms with Gasteiger partial charge in [0.25, 0.3) is 5.56 Å². The molecule has 0 atom stereocenters. The molecule has 0 saturated carbocycles. The first-order valence-electron chi connectivity index (χ1n) is 11.9. The molecule has 2 aromatic heterocycles. The van der Waals surface area contributed by atoms with Gasteiger partial charge >= 0.3 is 0 Å². The summed E-state index contributed by atoms with van der Waals surface area (Å²) >= 11 is 6.32. The largest absolute Gasteiger partial charge is 0.325 e. The number of benzene rings is 2. The van der Waals surface area contributed by atoms with Crippen LogP contribution in [0.4, 0.5) is 5.69 Å². The van der Waals surface area contributed by atoms with Crippen molar-refractivity contribution in [2.24, 2.45) is 0 Å². The summed E-state index contributed by atoms with van der Waals surface area (Å²) in [5.74, 6) is -0.0105. The van der Waals surface area contributed by atoms with Crippen LogP contribution in [0.5, 0.6) is 0 Å². The number of fused-ring (bicyclic) bond motifs is 3. The summed E-state index contributed by atoms with van der Waals surface area (Å²) in [6.45, 7) is 8.21. The molecule has 0 aliphatic carbocycles. The molecular formula is C27H27BrN4O2S2. The molecule has 6 nitrogen and oxygen atoms in total. The number of carbonyl (C=O) groups excluding carboxylic acids is 1. The fraction of sp³-hybridized carbons (Fsp3) is 0.296. The van der Waals surface area contributed by atoms with Gasteiger partial charge in [-0.15, -0.1) is 11.3 Å². The Morgan fingerprint density at radius 3 is 2.72 bits per heavy atom. The molecule has 1 aliphatic heterocycles. The van der Waals surface area contributed by atoms with Gasteiger partial charge in [0.15, 0.2) is 5.16 Å². The molecule has 0 spiro atoms. The summed E-state index contributed by atoms with van der Waals surface area (Å²) < 4.78 is 2.56. The molecule has 1 N–H and O–H groups in total. The molecule has 186 valence electrons. The molecule has 2 aromatic carbocycles. The fourth-order valence-corrected chi connectivity index (χ4v) is 6.89. The van der Waals surface area contributed by atoms with Gasteiger partial charge in [0, 0.05) is 34.2 Å². The van der Waals surface area contributed by atoms with Crippen LogP contribution in [0.25, 0.3) is 15.9 Å². The first kappa shape index (κ1) is 25.2. The van der Waals surface area contributed by atoms with Crippen molar-refractivity contribution in [2.45, 2.75) is 44.9 Å². The monoisotopic (exact) mass is 582 g/mol. The maximum absolute atomic E-state index is 14.0. The minimum Gasteiger partial charge on any atom is -0.325 e. The van der Waals surface area contributed by atoms with E-state index in [0.29, 0.717) is 11.2 Å². The first-order chi connectivity index (χ1) is 17.3. The van der Waals surface area contributed by atoms with Crippen molar-refractivity contribution >= 4 is 60.8 Å². The SMILES string of the molecule is Cc1ccc(-n2c(SCC(=O)Nc3cccc(Br)c3)nc3sc4c(c3c2=O)CCN(C(C)C)C4)cc1. The Morgan fingerprint density at radius 1 is 1.22 bits per heavy atom. The number of amides is 1. The molecule has 0 saturated heterocycles. The minimum atomic E-state index is -0.152. The van der Waals surface area contributed by atoms with Crippen molar-refractivity contribution in [2.75, 3.05) is 17.6 Å². The summed E-state index contributed by atoms with van der Waals surface area (Å²) in [5, 5.41) is 4.17. The topological polar surface area (TPSA) is 67.2 Å². The number of aromatic nitrogens is 2. The predicted octanol–water partition coefficient (Wildman–Crippen LogP) is 6.02. The Bertz CT molecular complexity index is 1490. The lowest BCUT2D eigenvalue weighted by Gasteiger charge is -2.30. The third kappa shape index (κ3) is 5.16. The number of hydrogen-bond acceptors (Lipinski definition) is 6. The highest BCUT2D eigenvalue weighted by Crippen LogP contribution is 2.35. The quantitative estimate of drug-likeness (QED) is 0.222. The second-order valence-corrected chi connectivity index (χ2v) is 12.2. The average Bonchev–Trinajstić information content (AvgIpc) is 3.21. The summed E-state index contributed by atoms with van der Waals surface area (Å²) in [7, 11) is 0. The molecule has 36 heavy (non-hydrogen) atoms. The molecule has 1 amide bonds. The predicted molar refractivity (Wildman–Crippen MR) is 153 cm³/mol. The molecule has 4 aromatic rings. The van der Waals surface area contributed by atoms with E-state index in [2.05, 4.69) is 40.0 Å². The van der Waals surface area contributed by atoms with Crippen molar-refractivity contribution in [3.63, 3.8) is 0 Å². The van der Waals surface area contributed by atoms with E-state index < -0.39 is 0 Å². The van der Waals surface area contributed by atoms with E-state index in [-0.39, 0.29) is 17.2 Å². The maximum Gasteiger partial charge on any atom is 0.267 e. The van der Waals surface area contributed by atoms with Crippen LogP contribution < -0.4 is 10.9 Å². The van der Waals surface area contributed by atoms with Crippen molar-refractivity contribution in [3.8, 4) is 5.69 Å². The Hall–Kier alpha value is -2.46. The summed E-state index contributed by atoms with van der Waals surface area (Å²) in [5.41, 5.74) is 3.66. The third-order valence-corrected chi connectivity index (χ3v) is 8.88. The molecule has 0 radical (unpaired) electrons. The van der Waals surface area contributed by atoms with Gasteiger partial charge in [-0.25, -0.2) is 4.98 Å². The van der Waals surface area contributed by atoms with Crippen molar-refractivity contribution in [1.29, 1.82) is 0 Å². The summed E-state index contributed by atoms with van der Waals surface area (Å²) in [6.07, 6.45) is 0.847. The zero-order chi connectivity index (χ0) is 25.4. The molecule has 0 unspecified atom stereocenters. The Labute approximate surface area is 226 Å². The minimum absolute atomic E-state index is 0.0609. The van der Waals surface area contributed by atoms with Gasteiger partial charge in [-0.2, -0.15) is 0 Å². The van der Waals surface area contributed by atoms with Gasteiger partial charge in [-0.3, -0.25) is 19.1 Å². The molecule has 5 rings (SSSR count). The maximum atomic E-state index is 14.0. The first-order valence-corrected chi connectivity index (χ1v) is 14.5. The molecule has 9 heteroatoms. The van der Waals surface area contributed by atoms with Crippen LogP contribution in [-0.4, -0.2) is 38.7 Å². The van der Waals surface area contributed by atoms with Gasteiger partial charge < -0.3 is 5.32 Å². The number of anilines is 1. The van der Waals surface area contributed by atoms with Gasteiger partial charge in [-0.1, -0.05) is 51.5 Å². The fourth-order valence-electron chi connectivity index (χ4n) is 4.40. The van der Waals surface area contributed by atoms with E-state index >= 15 is 0 Å². The number of halogens is 1. The smallest absolute Gasteiger partial charge is 0.267 e. The van der Waals surface area contributed by atoms with Crippen LogP contribution >= 0.6 is 39.0 Å². The highest BCUT2D eigenvalue weighted by molar-refractivity contribution is 9.10. The molecular weight excluding hydrogens is 556 g/mol. The van der Waals surface area contributed by atoms with E-state index in [0.717, 1.165) is 56.7 Å². The van der Waals surface area contributed by atoms with E-state index in [1.54, 1.807) is 15.9 Å². The van der Waals surface area contributed by atoms with Crippen LogP contribution in [0.2, 0.25) is 0 Å². The summed E-state index contributed by atoms with van der Waals surface area (Å²) in [4.78, 5) is 36.0. The van der Waals surface area contributed by atoms with E-state index in [1.807, 2.05) is 55.5 Å². The van der Waals surface area contributed by atoms with Crippen LogP contribution in [0.15, 0.2) is 63.0 Å².